The van der Waals surface area contributed by atoms with Gasteiger partial charge in [-0.1, -0.05) is 304 Å². The second-order valence-corrected chi connectivity index (χ2v) is 23.1. The number of esters is 3. The summed E-state index contributed by atoms with van der Waals surface area (Å²) in [6.07, 6.45) is 92.9. The Morgan fingerprint density at radius 1 is 0.259 bits per heavy atom. The normalized spacial score (nSPS) is 12.7. The Morgan fingerprint density at radius 2 is 0.494 bits per heavy atom. The van der Waals surface area contributed by atoms with E-state index in [1.165, 1.54) is 199 Å². The van der Waals surface area contributed by atoms with E-state index >= 15 is 0 Å². The lowest BCUT2D eigenvalue weighted by atomic mass is 10.0. The van der Waals surface area contributed by atoms with Crippen molar-refractivity contribution in [1.82, 2.24) is 0 Å². The monoisotopic (exact) mass is 1130 g/mol. The van der Waals surface area contributed by atoms with Gasteiger partial charge in [-0.25, -0.2) is 0 Å². The molecule has 0 spiro atoms. The van der Waals surface area contributed by atoms with Crippen LogP contribution in [0, 0.1) is 0 Å². The van der Waals surface area contributed by atoms with Gasteiger partial charge >= 0.3 is 17.9 Å². The fourth-order valence-corrected chi connectivity index (χ4v) is 9.84. The molecule has 0 aliphatic rings. The molecule has 0 amide bonds. The lowest BCUT2D eigenvalue weighted by Crippen LogP contribution is -2.30. The van der Waals surface area contributed by atoms with Crippen molar-refractivity contribution in [2.24, 2.45) is 0 Å². The zero-order valence-electron chi connectivity index (χ0n) is 53.5. The summed E-state index contributed by atoms with van der Waals surface area (Å²) in [6.45, 7) is 6.50. The van der Waals surface area contributed by atoms with Crippen molar-refractivity contribution in [1.29, 1.82) is 0 Å². The Hall–Kier alpha value is -3.67. The van der Waals surface area contributed by atoms with E-state index in [-0.39, 0.29) is 31.1 Å². The Balaban J connectivity index is 4.22. The Labute approximate surface area is 502 Å². The first-order chi connectivity index (χ1) is 40.0. The molecular formula is C75H130O6. The van der Waals surface area contributed by atoms with Crippen LogP contribution in [0.25, 0.3) is 0 Å². The lowest BCUT2D eigenvalue weighted by molar-refractivity contribution is -0.167. The number of rotatable bonds is 63. The van der Waals surface area contributed by atoms with Gasteiger partial charge in [-0.15, -0.1) is 0 Å². The van der Waals surface area contributed by atoms with Gasteiger partial charge in [-0.2, -0.15) is 0 Å². The summed E-state index contributed by atoms with van der Waals surface area (Å²) in [4.78, 5) is 38.4. The maximum Gasteiger partial charge on any atom is 0.306 e. The molecule has 0 rings (SSSR count). The van der Waals surface area contributed by atoms with Gasteiger partial charge in [-0.05, 0) is 116 Å². The summed E-state index contributed by atoms with van der Waals surface area (Å²) < 4.78 is 16.9. The van der Waals surface area contributed by atoms with E-state index in [1.54, 1.807) is 0 Å². The van der Waals surface area contributed by atoms with E-state index in [4.69, 9.17) is 14.2 Å². The first-order valence-electron chi connectivity index (χ1n) is 34.7. The van der Waals surface area contributed by atoms with E-state index in [9.17, 15) is 14.4 Å². The van der Waals surface area contributed by atoms with Gasteiger partial charge in [0.05, 0.1) is 0 Å². The van der Waals surface area contributed by atoms with E-state index < -0.39 is 6.10 Å². The molecule has 0 aromatic heterocycles. The SMILES string of the molecule is CC/C=C\C/C=C\C/C=C\C/C=C\C/C=C\CCCCCCCCCCCCCCCC(=O)OCC(COC(=O)CCCCCCC/C=C\CCCC)OC(=O)CCCCCCCCCCCCC/C=C\C/C=C\CCCCCCC. The van der Waals surface area contributed by atoms with Crippen LogP contribution in [0.4, 0.5) is 0 Å². The third-order valence-electron chi connectivity index (χ3n) is 15.0. The molecule has 1 atom stereocenters. The highest BCUT2D eigenvalue weighted by Crippen LogP contribution is 2.17. The van der Waals surface area contributed by atoms with Gasteiger partial charge in [0, 0.05) is 19.3 Å². The summed E-state index contributed by atoms with van der Waals surface area (Å²) in [5, 5.41) is 0. The van der Waals surface area contributed by atoms with E-state index in [2.05, 4.69) is 118 Å². The van der Waals surface area contributed by atoms with Gasteiger partial charge in [0.1, 0.15) is 13.2 Å². The molecule has 0 saturated heterocycles. The van der Waals surface area contributed by atoms with Gasteiger partial charge in [0.25, 0.3) is 0 Å². The highest BCUT2D eigenvalue weighted by molar-refractivity contribution is 5.71. The zero-order chi connectivity index (χ0) is 58.5. The predicted octanol–water partition coefficient (Wildman–Crippen LogP) is 24.0. The molecular weight excluding hydrogens is 997 g/mol. The van der Waals surface area contributed by atoms with E-state index in [1.807, 2.05) is 0 Å². The molecule has 0 heterocycles. The van der Waals surface area contributed by atoms with Crippen molar-refractivity contribution in [2.75, 3.05) is 13.2 Å². The summed E-state index contributed by atoms with van der Waals surface area (Å²) >= 11 is 0. The number of hydrogen-bond acceptors (Lipinski definition) is 6. The lowest BCUT2D eigenvalue weighted by Gasteiger charge is -2.18. The quantitative estimate of drug-likeness (QED) is 0.0261. The topological polar surface area (TPSA) is 78.9 Å². The van der Waals surface area contributed by atoms with Gasteiger partial charge < -0.3 is 14.2 Å². The Morgan fingerprint density at radius 3 is 0.802 bits per heavy atom. The number of hydrogen-bond donors (Lipinski definition) is 0. The zero-order valence-corrected chi connectivity index (χ0v) is 53.5. The number of allylic oxidation sites excluding steroid dienone is 16. The third kappa shape index (κ3) is 67.0. The van der Waals surface area contributed by atoms with Gasteiger partial charge in [0.2, 0.25) is 0 Å². The average Bonchev–Trinajstić information content (AvgIpc) is 3.47. The Kier molecular flexibility index (Phi) is 65.7. The van der Waals surface area contributed by atoms with Crippen molar-refractivity contribution >= 4 is 17.9 Å². The summed E-state index contributed by atoms with van der Waals surface area (Å²) in [5.74, 6) is -0.879. The second kappa shape index (κ2) is 68.8. The largest absolute Gasteiger partial charge is 0.462 e. The van der Waals surface area contributed by atoms with Crippen LogP contribution in [0.5, 0.6) is 0 Å². The van der Waals surface area contributed by atoms with Crippen LogP contribution >= 0.6 is 0 Å². The average molecular weight is 1130 g/mol. The molecule has 0 aliphatic carbocycles. The summed E-state index contributed by atoms with van der Waals surface area (Å²) in [5.41, 5.74) is 0. The molecule has 0 bridgehead atoms. The van der Waals surface area contributed by atoms with Crippen LogP contribution in [0.2, 0.25) is 0 Å². The first kappa shape index (κ1) is 77.3. The minimum Gasteiger partial charge on any atom is -0.462 e. The minimum absolute atomic E-state index is 0.0793. The highest BCUT2D eigenvalue weighted by atomic mass is 16.6. The van der Waals surface area contributed by atoms with Crippen LogP contribution in [0.3, 0.4) is 0 Å². The molecule has 0 aromatic carbocycles. The van der Waals surface area contributed by atoms with E-state index in [0.29, 0.717) is 19.3 Å². The molecule has 0 N–H and O–H groups in total. The van der Waals surface area contributed by atoms with E-state index in [0.717, 1.165) is 103 Å². The van der Waals surface area contributed by atoms with Crippen molar-refractivity contribution in [3.63, 3.8) is 0 Å². The van der Waals surface area contributed by atoms with Crippen LogP contribution < -0.4 is 0 Å². The van der Waals surface area contributed by atoms with Crippen molar-refractivity contribution in [3.8, 4) is 0 Å². The smallest absolute Gasteiger partial charge is 0.306 e. The molecule has 0 aliphatic heterocycles. The third-order valence-corrected chi connectivity index (χ3v) is 15.0. The molecule has 466 valence electrons. The molecule has 0 saturated carbocycles. The minimum atomic E-state index is -0.783. The van der Waals surface area contributed by atoms with Crippen LogP contribution in [-0.2, 0) is 28.6 Å². The fraction of sp³-hybridized carbons (Fsp3) is 0.747. The van der Waals surface area contributed by atoms with Crippen molar-refractivity contribution in [3.05, 3.63) is 97.2 Å². The molecule has 1 unspecified atom stereocenters. The standard InChI is InChI=1S/C75H130O6/c1-4-7-10-13-16-19-22-24-26-28-30-32-34-35-36-37-38-39-41-42-44-46-48-50-53-56-59-62-65-68-74(77)80-71-72(70-79-73(76)67-64-61-58-55-52-21-18-15-12-9-6-3)81-75(78)69-66-63-60-57-54-51-49-47-45-43-40-33-31-29-27-25-23-20-17-14-11-8-5-2/h7,10,15-16,18-19,23-26,29-32,35-36,72H,4-6,8-9,11-14,17,20-22,27-28,33-34,37-71H2,1-3H3/b10-7-,18-15-,19-16-,25-23-,26-24-,31-29-,32-30-,36-35-. The number of unbranched alkanes of at least 4 members (excludes halogenated alkanes) is 36. The summed E-state index contributed by atoms with van der Waals surface area (Å²) in [7, 11) is 0. The fourth-order valence-electron chi connectivity index (χ4n) is 9.84. The number of ether oxygens (including phenoxy) is 3. The molecule has 0 radical (unpaired) electrons. The predicted molar refractivity (Wildman–Crippen MR) is 353 cm³/mol. The first-order valence-corrected chi connectivity index (χ1v) is 34.7. The number of carbonyl (C=O) groups excluding carboxylic acids is 3. The summed E-state index contributed by atoms with van der Waals surface area (Å²) in [6, 6.07) is 0. The van der Waals surface area contributed by atoms with Crippen LogP contribution in [-0.4, -0.2) is 37.2 Å². The Bertz CT molecular complexity index is 1580. The highest BCUT2D eigenvalue weighted by Gasteiger charge is 2.19. The maximum atomic E-state index is 12.9. The van der Waals surface area contributed by atoms with Crippen molar-refractivity contribution < 1.29 is 28.6 Å². The van der Waals surface area contributed by atoms with Crippen molar-refractivity contribution in [2.45, 2.75) is 348 Å². The van der Waals surface area contributed by atoms with Crippen LogP contribution in [0.1, 0.15) is 342 Å². The molecule has 6 nitrogen and oxygen atoms in total. The van der Waals surface area contributed by atoms with Gasteiger partial charge in [-0.3, -0.25) is 14.4 Å². The number of carbonyl (C=O) groups is 3. The molecule has 0 aromatic rings. The van der Waals surface area contributed by atoms with Gasteiger partial charge in [0.15, 0.2) is 6.10 Å². The molecule has 6 heteroatoms. The maximum absolute atomic E-state index is 12.9. The second-order valence-electron chi connectivity index (χ2n) is 23.1. The molecule has 81 heavy (non-hydrogen) atoms. The van der Waals surface area contributed by atoms with Crippen LogP contribution in [0.15, 0.2) is 97.2 Å². The molecule has 0 fully saturated rings.